The molecule has 2 rings (SSSR count). The normalized spacial score (nSPS) is 17.0. The fraction of sp³-hybridized carbons (Fsp3) is 0.389. The van der Waals surface area contributed by atoms with Crippen LogP contribution >= 0.6 is 0 Å². The third-order valence-electron chi connectivity index (χ3n) is 4.07. The lowest BCUT2D eigenvalue weighted by Crippen LogP contribution is -2.40. The van der Waals surface area contributed by atoms with E-state index < -0.39 is 0 Å². The van der Waals surface area contributed by atoms with E-state index in [0.29, 0.717) is 18.3 Å². The average molecular weight is 321 g/mol. The van der Waals surface area contributed by atoms with Crippen LogP contribution in [-0.2, 0) is 0 Å². The molecule has 1 saturated heterocycles. The van der Waals surface area contributed by atoms with Crippen LogP contribution in [0.2, 0.25) is 0 Å². The Morgan fingerprint density at radius 3 is 2.46 bits per heavy atom. The van der Waals surface area contributed by atoms with Gasteiger partial charge in [-0.15, -0.1) is 0 Å². The molecule has 0 aromatic heterocycles. The number of nitrogens with one attached hydrogen (secondary N) is 1. The van der Waals surface area contributed by atoms with Gasteiger partial charge in [-0.05, 0) is 50.7 Å². The molecule has 1 atom stereocenters. The minimum atomic E-state index is -0.238. The largest absolute Gasteiger partial charge is 0.492 e. The Labute approximate surface area is 142 Å². The molecule has 1 fully saturated rings. The second kappa shape index (κ2) is 8.58. The van der Waals surface area contributed by atoms with E-state index in [1.54, 1.807) is 36.4 Å². The molecule has 1 unspecified atom stereocenters. The Kier molecular flexibility index (Phi) is 6.20. The number of anilines is 1. The quantitative estimate of drug-likeness (QED) is 0.838. The SMILES string of the molecule is CN1CCCCC1COc1ccc(NC(C#N)=C(C#N)C#N)cc1. The molecule has 1 aromatic rings. The summed E-state index contributed by atoms with van der Waals surface area (Å²) in [6.07, 6.45) is 3.64. The van der Waals surface area contributed by atoms with E-state index in [-0.39, 0.29) is 11.3 Å². The maximum absolute atomic E-state index is 9.03. The number of likely N-dealkylation sites (tertiary alicyclic amines) is 1. The highest BCUT2D eigenvalue weighted by Gasteiger charge is 2.19. The lowest BCUT2D eigenvalue weighted by atomic mass is 10.0. The maximum Gasteiger partial charge on any atom is 0.163 e. The zero-order chi connectivity index (χ0) is 17.4. The van der Waals surface area contributed by atoms with Crippen molar-refractivity contribution in [2.24, 2.45) is 0 Å². The number of allylic oxidation sites excluding steroid dienone is 2. The second-order valence-electron chi connectivity index (χ2n) is 5.68. The van der Waals surface area contributed by atoms with E-state index in [1.807, 2.05) is 6.07 Å². The monoisotopic (exact) mass is 321 g/mol. The molecular weight excluding hydrogens is 302 g/mol. The summed E-state index contributed by atoms with van der Waals surface area (Å²) >= 11 is 0. The van der Waals surface area contributed by atoms with Crippen LogP contribution in [0, 0.1) is 34.0 Å². The van der Waals surface area contributed by atoms with E-state index >= 15 is 0 Å². The van der Waals surface area contributed by atoms with Crippen molar-refractivity contribution in [3.63, 3.8) is 0 Å². The summed E-state index contributed by atoms with van der Waals surface area (Å²) in [4.78, 5) is 2.33. The van der Waals surface area contributed by atoms with Crippen LogP contribution < -0.4 is 10.1 Å². The molecule has 0 bridgehead atoms. The Morgan fingerprint density at radius 1 is 1.17 bits per heavy atom. The minimum absolute atomic E-state index is 0.0579. The van der Waals surface area contributed by atoms with E-state index in [2.05, 4.69) is 17.3 Å². The van der Waals surface area contributed by atoms with Crippen molar-refractivity contribution in [3.05, 3.63) is 35.5 Å². The standard InChI is InChI=1S/C18H19N5O/c1-23-9-3-2-4-16(23)13-24-17-7-5-15(6-8-17)22-18(12-21)14(10-19)11-20/h5-8,16,22H,2-4,9,13H2,1H3. The van der Waals surface area contributed by atoms with Gasteiger partial charge in [0.2, 0.25) is 0 Å². The molecule has 0 spiro atoms. The number of ether oxygens (including phenoxy) is 1. The van der Waals surface area contributed by atoms with Crippen molar-refractivity contribution in [2.45, 2.75) is 25.3 Å². The van der Waals surface area contributed by atoms with Gasteiger partial charge in [-0.1, -0.05) is 6.42 Å². The average Bonchev–Trinajstić information content (AvgIpc) is 2.62. The Morgan fingerprint density at radius 2 is 1.88 bits per heavy atom. The summed E-state index contributed by atoms with van der Waals surface area (Å²) in [6.45, 7) is 1.76. The van der Waals surface area contributed by atoms with Gasteiger partial charge >= 0.3 is 0 Å². The molecule has 1 heterocycles. The van der Waals surface area contributed by atoms with Gasteiger partial charge < -0.3 is 15.0 Å². The van der Waals surface area contributed by atoms with Gasteiger partial charge in [0.1, 0.15) is 36.3 Å². The Hall–Kier alpha value is -3.01. The van der Waals surface area contributed by atoms with Crippen LogP contribution in [0.25, 0.3) is 0 Å². The number of hydrogen-bond acceptors (Lipinski definition) is 6. The summed E-state index contributed by atoms with van der Waals surface area (Å²) in [5, 5.41) is 29.4. The summed E-state index contributed by atoms with van der Waals surface area (Å²) in [7, 11) is 2.12. The molecule has 1 N–H and O–H groups in total. The number of hydrogen-bond donors (Lipinski definition) is 1. The summed E-state index contributed by atoms with van der Waals surface area (Å²) in [5.41, 5.74) is 0.326. The van der Waals surface area contributed by atoms with Gasteiger partial charge in [-0.2, -0.15) is 15.8 Å². The first kappa shape index (κ1) is 17.3. The second-order valence-corrected chi connectivity index (χ2v) is 5.68. The van der Waals surface area contributed by atoms with Gasteiger partial charge in [0.25, 0.3) is 0 Å². The number of piperidine rings is 1. The highest BCUT2D eigenvalue weighted by molar-refractivity contribution is 5.58. The topological polar surface area (TPSA) is 95.9 Å². The molecule has 0 saturated carbocycles. The third-order valence-corrected chi connectivity index (χ3v) is 4.07. The molecule has 1 aliphatic rings. The van der Waals surface area contributed by atoms with E-state index in [1.165, 1.54) is 12.8 Å². The van der Waals surface area contributed by atoms with Crippen LogP contribution in [-0.4, -0.2) is 31.1 Å². The number of rotatable bonds is 5. The molecule has 0 radical (unpaired) electrons. The first-order chi connectivity index (χ1) is 11.7. The van der Waals surface area contributed by atoms with E-state index in [4.69, 9.17) is 20.5 Å². The molecule has 0 amide bonds. The third kappa shape index (κ3) is 4.49. The van der Waals surface area contributed by atoms with Crippen molar-refractivity contribution in [1.82, 2.24) is 4.90 Å². The van der Waals surface area contributed by atoms with Crippen molar-refractivity contribution in [2.75, 3.05) is 25.5 Å². The predicted molar refractivity (Wildman–Crippen MR) is 89.7 cm³/mol. The number of nitrogens with zero attached hydrogens (tertiary/aromatic N) is 4. The lowest BCUT2D eigenvalue weighted by molar-refractivity contribution is 0.125. The van der Waals surface area contributed by atoms with Gasteiger partial charge in [-0.3, -0.25) is 0 Å². The number of benzene rings is 1. The van der Waals surface area contributed by atoms with Gasteiger partial charge in [0, 0.05) is 11.7 Å². The first-order valence-corrected chi connectivity index (χ1v) is 7.82. The summed E-state index contributed by atoms with van der Waals surface area (Å²) in [6, 6.07) is 12.8. The van der Waals surface area contributed by atoms with Crippen molar-refractivity contribution in [3.8, 4) is 24.0 Å². The summed E-state index contributed by atoms with van der Waals surface area (Å²) in [5.74, 6) is 0.753. The Balaban J connectivity index is 1.96. The smallest absolute Gasteiger partial charge is 0.163 e. The zero-order valence-electron chi connectivity index (χ0n) is 13.6. The van der Waals surface area contributed by atoms with E-state index in [0.717, 1.165) is 18.7 Å². The molecule has 122 valence electrons. The predicted octanol–water partition coefficient (Wildman–Crippen LogP) is 2.79. The maximum atomic E-state index is 9.03. The minimum Gasteiger partial charge on any atom is -0.492 e. The molecule has 24 heavy (non-hydrogen) atoms. The lowest BCUT2D eigenvalue weighted by Gasteiger charge is -2.32. The van der Waals surface area contributed by atoms with Crippen LogP contribution in [0.15, 0.2) is 35.5 Å². The van der Waals surface area contributed by atoms with Crippen molar-refractivity contribution >= 4 is 5.69 Å². The molecule has 1 aromatic carbocycles. The molecule has 0 aliphatic carbocycles. The fourth-order valence-corrected chi connectivity index (χ4v) is 2.61. The highest BCUT2D eigenvalue weighted by Crippen LogP contribution is 2.20. The van der Waals surface area contributed by atoms with Crippen LogP contribution in [0.1, 0.15) is 19.3 Å². The van der Waals surface area contributed by atoms with Crippen molar-refractivity contribution < 1.29 is 4.74 Å². The van der Waals surface area contributed by atoms with Crippen LogP contribution in [0.3, 0.4) is 0 Å². The fourth-order valence-electron chi connectivity index (χ4n) is 2.61. The zero-order valence-corrected chi connectivity index (χ0v) is 13.6. The highest BCUT2D eigenvalue weighted by atomic mass is 16.5. The molecule has 1 aliphatic heterocycles. The summed E-state index contributed by atoms with van der Waals surface area (Å²) < 4.78 is 5.84. The van der Waals surface area contributed by atoms with E-state index in [9.17, 15) is 0 Å². The van der Waals surface area contributed by atoms with Crippen LogP contribution in [0.5, 0.6) is 5.75 Å². The molecular formula is C18H19N5O. The van der Waals surface area contributed by atoms with Gasteiger partial charge in [-0.25, -0.2) is 0 Å². The number of nitriles is 3. The number of likely N-dealkylation sites (N-methyl/N-ethyl adjacent to an activating group) is 1. The van der Waals surface area contributed by atoms with Crippen molar-refractivity contribution in [1.29, 1.82) is 15.8 Å². The Bertz CT molecular complexity index is 702. The van der Waals surface area contributed by atoms with Gasteiger partial charge in [0.15, 0.2) is 5.57 Å². The van der Waals surface area contributed by atoms with Gasteiger partial charge in [0.05, 0.1) is 0 Å². The molecule has 6 heteroatoms. The van der Waals surface area contributed by atoms with Crippen LogP contribution in [0.4, 0.5) is 5.69 Å². The first-order valence-electron chi connectivity index (χ1n) is 7.82. The molecule has 6 nitrogen and oxygen atoms in total.